The third-order valence-electron chi connectivity index (χ3n) is 2.93. The van der Waals surface area contributed by atoms with Crippen LogP contribution in [0.15, 0.2) is 18.2 Å². The number of benzene rings is 1. The minimum Gasteiger partial charge on any atom is -0.396 e. The van der Waals surface area contributed by atoms with Crippen molar-refractivity contribution in [2.45, 2.75) is 6.42 Å². The molecule has 0 fully saturated rings. The molecule has 0 radical (unpaired) electrons. The average Bonchev–Trinajstić information content (AvgIpc) is 2.47. The van der Waals surface area contributed by atoms with Crippen LogP contribution in [0.1, 0.15) is 6.42 Å². The van der Waals surface area contributed by atoms with Crippen molar-refractivity contribution in [1.29, 1.82) is 0 Å². The Balaban J connectivity index is 3.11. The molecule has 1 aromatic carbocycles. The van der Waals surface area contributed by atoms with Crippen molar-refractivity contribution < 1.29 is 20.2 Å². The third-order valence-corrected chi connectivity index (χ3v) is 2.93. The predicted octanol–water partition coefficient (Wildman–Crippen LogP) is 0.180. The number of anilines is 2. The van der Waals surface area contributed by atoms with Gasteiger partial charge < -0.3 is 25.5 Å². The summed E-state index contributed by atoms with van der Waals surface area (Å²) >= 11 is 0. The largest absolute Gasteiger partial charge is 0.396 e. The fourth-order valence-corrected chi connectivity index (χ4v) is 2.02. The van der Waals surface area contributed by atoms with Crippen LogP contribution in [-0.4, -0.2) is 59.7 Å². The minimum absolute atomic E-state index is 0.00163. The number of hydrogen-bond acceptors (Lipinski definition) is 7. The van der Waals surface area contributed by atoms with Crippen LogP contribution in [0.4, 0.5) is 17.1 Å². The summed E-state index contributed by atoms with van der Waals surface area (Å²) < 4.78 is 0. The van der Waals surface area contributed by atoms with Gasteiger partial charge in [0.05, 0.1) is 18.1 Å². The summed E-state index contributed by atoms with van der Waals surface area (Å²) in [4.78, 5) is 12.4. The molecule has 0 unspecified atom stereocenters. The molecule has 0 aliphatic carbocycles. The molecule has 8 heteroatoms. The normalized spacial score (nSPS) is 10.4. The predicted molar refractivity (Wildman–Crippen MR) is 79.7 cm³/mol. The van der Waals surface area contributed by atoms with Crippen molar-refractivity contribution in [3.05, 3.63) is 28.3 Å². The number of nitrogens with zero attached hydrogens (tertiary/aromatic N) is 2. The molecule has 0 aliphatic heterocycles. The Bertz CT molecular complexity index is 449. The maximum absolute atomic E-state index is 11.4. The average molecular weight is 299 g/mol. The highest BCUT2D eigenvalue weighted by Crippen LogP contribution is 2.35. The molecule has 1 rings (SSSR count). The second-order valence-electron chi connectivity index (χ2n) is 4.37. The molecule has 0 aliphatic rings. The SMILES string of the molecule is O=[N+]([O-])c1c(NCCCO)cccc1N(CCO)CCO. The Morgan fingerprint density at radius 3 is 2.33 bits per heavy atom. The van der Waals surface area contributed by atoms with E-state index in [4.69, 9.17) is 15.3 Å². The van der Waals surface area contributed by atoms with E-state index < -0.39 is 4.92 Å². The number of para-hydroxylation sites is 1. The third kappa shape index (κ3) is 4.85. The Hall–Kier alpha value is -1.90. The van der Waals surface area contributed by atoms with E-state index in [-0.39, 0.29) is 38.6 Å². The standard InChI is InChI=1S/C13H21N3O5/c17-8-2-5-14-11-3-1-4-12(13(11)16(20)21)15(6-9-18)7-10-19/h1,3-4,14,17-19H,2,5-10H2. The molecule has 1 aromatic rings. The molecule has 118 valence electrons. The van der Waals surface area contributed by atoms with Crippen molar-refractivity contribution in [2.75, 3.05) is 49.7 Å². The summed E-state index contributed by atoms with van der Waals surface area (Å²) in [7, 11) is 0. The monoisotopic (exact) mass is 299 g/mol. The maximum Gasteiger partial charge on any atom is 0.315 e. The van der Waals surface area contributed by atoms with Crippen molar-refractivity contribution >= 4 is 17.1 Å². The summed E-state index contributed by atoms with van der Waals surface area (Å²) in [5.74, 6) is 0. The minimum atomic E-state index is -0.488. The van der Waals surface area contributed by atoms with Crippen molar-refractivity contribution in [2.24, 2.45) is 0 Å². The highest BCUT2D eigenvalue weighted by atomic mass is 16.6. The summed E-state index contributed by atoms with van der Waals surface area (Å²) in [6.45, 7) is 0.476. The van der Waals surface area contributed by atoms with Crippen molar-refractivity contribution in [3.8, 4) is 0 Å². The summed E-state index contributed by atoms with van der Waals surface area (Å²) in [5.41, 5.74) is 0.598. The van der Waals surface area contributed by atoms with Gasteiger partial charge in [-0.1, -0.05) is 6.07 Å². The number of nitro groups is 1. The molecule has 0 atom stereocenters. The summed E-state index contributed by atoms with van der Waals surface area (Å²) in [6.07, 6.45) is 0.485. The number of nitrogens with one attached hydrogen (secondary N) is 1. The van der Waals surface area contributed by atoms with Crippen LogP contribution in [0, 0.1) is 10.1 Å². The van der Waals surface area contributed by atoms with Crippen LogP contribution in [0.5, 0.6) is 0 Å². The van der Waals surface area contributed by atoms with Crippen molar-refractivity contribution in [1.82, 2.24) is 0 Å². The first-order valence-corrected chi connectivity index (χ1v) is 6.74. The lowest BCUT2D eigenvalue weighted by molar-refractivity contribution is -0.383. The lowest BCUT2D eigenvalue weighted by Crippen LogP contribution is -2.30. The first-order valence-electron chi connectivity index (χ1n) is 6.74. The van der Waals surface area contributed by atoms with Gasteiger partial charge in [0.1, 0.15) is 11.4 Å². The quantitative estimate of drug-likeness (QED) is 0.276. The zero-order valence-corrected chi connectivity index (χ0v) is 11.7. The molecule has 0 saturated carbocycles. The lowest BCUT2D eigenvalue weighted by atomic mass is 10.2. The van der Waals surface area contributed by atoms with Gasteiger partial charge in [0.2, 0.25) is 0 Å². The smallest absolute Gasteiger partial charge is 0.315 e. The molecule has 8 nitrogen and oxygen atoms in total. The molecular formula is C13H21N3O5. The van der Waals surface area contributed by atoms with Crippen LogP contribution in [0.2, 0.25) is 0 Å². The Kier molecular flexibility index (Phi) is 7.44. The van der Waals surface area contributed by atoms with Gasteiger partial charge in [0.25, 0.3) is 0 Å². The zero-order chi connectivity index (χ0) is 15.7. The second kappa shape index (κ2) is 9.11. The zero-order valence-electron chi connectivity index (χ0n) is 11.7. The molecule has 0 aromatic heterocycles. The van der Waals surface area contributed by atoms with Crippen LogP contribution in [-0.2, 0) is 0 Å². The van der Waals surface area contributed by atoms with Gasteiger partial charge in [-0.15, -0.1) is 0 Å². The van der Waals surface area contributed by atoms with Crippen LogP contribution >= 0.6 is 0 Å². The van der Waals surface area contributed by atoms with Crippen LogP contribution in [0.3, 0.4) is 0 Å². The van der Waals surface area contributed by atoms with E-state index in [1.54, 1.807) is 23.1 Å². The Morgan fingerprint density at radius 1 is 1.14 bits per heavy atom. The van der Waals surface area contributed by atoms with E-state index in [9.17, 15) is 10.1 Å². The lowest BCUT2D eigenvalue weighted by Gasteiger charge is -2.23. The maximum atomic E-state index is 11.4. The van der Waals surface area contributed by atoms with Gasteiger partial charge in [-0.05, 0) is 18.6 Å². The number of nitro benzene ring substituents is 1. The van der Waals surface area contributed by atoms with Crippen molar-refractivity contribution in [3.63, 3.8) is 0 Å². The van der Waals surface area contributed by atoms with Gasteiger partial charge in [0.15, 0.2) is 0 Å². The van der Waals surface area contributed by atoms with E-state index in [0.29, 0.717) is 24.3 Å². The number of rotatable bonds is 10. The topological polar surface area (TPSA) is 119 Å². The Labute approximate surface area is 122 Å². The van der Waals surface area contributed by atoms with Gasteiger partial charge >= 0.3 is 5.69 Å². The fraction of sp³-hybridized carbons (Fsp3) is 0.538. The van der Waals surface area contributed by atoms with E-state index in [2.05, 4.69) is 5.32 Å². The van der Waals surface area contributed by atoms with Gasteiger partial charge in [-0.25, -0.2) is 0 Å². The van der Waals surface area contributed by atoms with E-state index in [1.807, 2.05) is 0 Å². The Morgan fingerprint density at radius 2 is 1.81 bits per heavy atom. The van der Waals surface area contributed by atoms with E-state index >= 15 is 0 Å². The molecule has 0 saturated heterocycles. The number of hydrogen-bond donors (Lipinski definition) is 4. The summed E-state index contributed by atoms with van der Waals surface area (Å²) in [5, 5.41) is 41.2. The summed E-state index contributed by atoms with van der Waals surface area (Å²) in [6, 6.07) is 4.85. The number of aliphatic hydroxyl groups is 3. The van der Waals surface area contributed by atoms with E-state index in [0.717, 1.165) is 0 Å². The first-order chi connectivity index (χ1) is 10.2. The molecule has 21 heavy (non-hydrogen) atoms. The molecular weight excluding hydrogens is 278 g/mol. The molecule has 0 bridgehead atoms. The fourth-order valence-electron chi connectivity index (χ4n) is 2.02. The second-order valence-corrected chi connectivity index (χ2v) is 4.37. The highest BCUT2D eigenvalue weighted by Gasteiger charge is 2.23. The molecule has 0 heterocycles. The van der Waals surface area contributed by atoms with Gasteiger partial charge in [-0.2, -0.15) is 0 Å². The van der Waals surface area contributed by atoms with Crippen LogP contribution in [0.25, 0.3) is 0 Å². The molecule has 0 amide bonds. The first kappa shape index (κ1) is 17.2. The van der Waals surface area contributed by atoms with Gasteiger partial charge in [-0.3, -0.25) is 10.1 Å². The molecule has 0 spiro atoms. The number of aliphatic hydroxyl groups excluding tert-OH is 3. The highest BCUT2D eigenvalue weighted by molar-refractivity contribution is 5.77. The van der Waals surface area contributed by atoms with E-state index in [1.165, 1.54) is 0 Å². The molecule has 4 N–H and O–H groups in total. The van der Waals surface area contributed by atoms with Gasteiger partial charge in [0, 0.05) is 26.2 Å². The van der Waals surface area contributed by atoms with Crippen LogP contribution < -0.4 is 10.2 Å².